The second-order valence-corrected chi connectivity index (χ2v) is 6.86. The van der Waals surface area contributed by atoms with Crippen LogP contribution in [-0.4, -0.2) is 59.9 Å². The van der Waals surface area contributed by atoms with E-state index in [4.69, 9.17) is 4.99 Å². The van der Waals surface area contributed by atoms with Crippen LogP contribution in [0.5, 0.6) is 0 Å². The maximum Gasteiger partial charge on any atom is 0.194 e. The second-order valence-electron chi connectivity index (χ2n) is 5.93. The van der Waals surface area contributed by atoms with Gasteiger partial charge in [0.25, 0.3) is 0 Å². The third kappa shape index (κ3) is 4.29. The van der Waals surface area contributed by atoms with Crippen molar-refractivity contribution in [3.05, 3.63) is 35.5 Å². The summed E-state index contributed by atoms with van der Waals surface area (Å²) in [6.45, 7) is 7.93. The molecule has 0 amide bonds. The smallest absolute Gasteiger partial charge is 0.194 e. The molecule has 0 aromatic carbocycles. The minimum Gasteiger partial charge on any atom is -0.360 e. The van der Waals surface area contributed by atoms with Crippen molar-refractivity contribution in [2.75, 3.05) is 44.2 Å². The quantitative estimate of drug-likeness (QED) is 0.663. The highest BCUT2D eigenvalue weighted by Crippen LogP contribution is 2.22. The molecule has 0 bridgehead atoms. The van der Waals surface area contributed by atoms with Crippen LogP contribution < -0.4 is 10.2 Å². The molecular formula is C17H26N6S. The summed E-state index contributed by atoms with van der Waals surface area (Å²) in [5.41, 5.74) is 1.24. The number of hydrogen-bond donors (Lipinski definition) is 1. The number of hydrogen-bond acceptors (Lipinski definition) is 4. The SMILES string of the molecule is CCNC(=NCCc1cnn(C)c1)N1CCN(c2cccs2)CC1. The van der Waals surface area contributed by atoms with E-state index in [9.17, 15) is 0 Å². The maximum atomic E-state index is 4.81. The summed E-state index contributed by atoms with van der Waals surface area (Å²) < 4.78 is 1.84. The highest BCUT2D eigenvalue weighted by atomic mass is 32.1. The van der Waals surface area contributed by atoms with Gasteiger partial charge in [-0.15, -0.1) is 11.3 Å². The Bertz CT molecular complexity index is 640. The molecule has 7 heteroatoms. The lowest BCUT2D eigenvalue weighted by Crippen LogP contribution is -2.52. The predicted molar refractivity (Wildman–Crippen MR) is 101 cm³/mol. The van der Waals surface area contributed by atoms with Gasteiger partial charge < -0.3 is 15.1 Å². The highest BCUT2D eigenvalue weighted by molar-refractivity contribution is 7.14. The van der Waals surface area contributed by atoms with Crippen LogP contribution in [0.25, 0.3) is 0 Å². The number of rotatable bonds is 5. The van der Waals surface area contributed by atoms with Crippen LogP contribution >= 0.6 is 11.3 Å². The van der Waals surface area contributed by atoms with Crippen molar-refractivity contribution in [2.24, 2.45) is 12.0 Å². The molecule has 2 aromatic heterocycles. The Morgan fingerprint density at radius 3 is 2.79 bits per heavy atom. The van der Waals surface area contributed by atoms with Crippen molar-refractivity contribution in [3.8, 4) is 0 Å². The van der Waals surface area contributed by atoms with E-state index >= 15 is 0 Å². The molecular weight excluding hydrogens is 320 g/mol. The zero-order valence-corrected chi connectivity index (χ0v) is 15.3. The van der Waals surface area contributed by atoms with Crippen molar-refractivity contribution in [1.29, 1.82) is 0 Å². The molecule has 1 fully saturated rings. The third-order valence-corrected chi connectivity index (χ3v) is 5.08. The van der Waals surface area contributed by atoms with Gasteiger partial charge in [-0.1, -0.05) is 0 Å². The normalized spacial score (nSPS) is 15.8. The highest BCUT2D eigenvalue weighted by Gasteiger charge is 2.20. The van der Waals surface area contributed by atoms with Gasteiger partial charge in [0.05, 0.1) is 11.2 Å². The van der Waals surface area contributed by atoms with Gasteiger partial charge in [0.2, 0.25) is 0 Å². The number of aromatic nitrogens is 2. The molecule has 130 valence electrons. The van der Waals surface area contributed by atoms with Crippen molar-refractivity contribution in [3.63, 3.8) is 0 Å². The molecule has 6 nitrogen and oxygen atoms in total. The molecule has 0 radical (unpaired) electrons. The molecule has 0 atom stereocenters. The van der Waals surface area contributed by atoms with Crippen molar-refractivity contribution in [2.45, 2.75) is 13.3 Å². The van der Waals surface area contributed by atoms with Crippen molar-refractivity contribution in [1.82, 2.24) is 20.0 Å². The number of nitrogens with one attached hydrogen (secondary N) is 1. The first-order chi connectivity index (χ1) is 11.8. The van der Waals surface area contributed by atoms with E-state index in [1.807, 2.05) is 29.3 Å². The Labute approximate surface area is 147 Å². The summed E-state index contributed by atoms with van der Waals surface area (Å²) in [5.74, 6) is 1.03. The molecule has 1 aliphatic heterocycles. The summed E-state index contributed by atoms with van der Waals surface area (Å²) in [5, 5.41) is 11.2. The number of aliphatic imine (C=N–C) groups is 1. The average molecular weight is 347 g/mol. The minimum atomic E-state index is 0.791. The van der Waals surface area contributed by atoms with Gasteiger partial charge in [0, 0.05) is 52.5 Å². The Kier molecular flexibility index (Phi) is 5.74. The molecule has 1 saturated heterocycles. The standard InChI is InChI=1S/C17H26N6S/c1-3-18-17(19-7-6-15-13-20-21(2)14-15)23-10-8-22(9-11-23)16-5-4-12-24-16/h4-5,12-14H,3,6-11H2,1-2H3,(H,18,19). The van der Waals surface area contributed by atoms with E-state index in [1.54, 1.807) is 0 Å². The lowest BCUT2D eigenvalue weighted by atomic mass is 10.2. The summed E-state index contributed by atoms with van der Waals surface area (Å²) in [7, 11) is 1.95. The van der Waals surface area contributed by atoms with Crippen LogP contribution in [0.4, 0.5) is 5.00 Å². The number of piperazine rings is 1. The number of guanidine groups is 1. The first kappa shape index (κ1) is 16.8. The van der Waals surface area contributed by atoms with Gasteiger partial charge in [-0.25, -0.2) is 0 Å². The van der Waals surface area contributed by atoms with Gasteiger partial charge in [0.1, 0.15) is 0 Å². The number of thiophene rings is 1. The van der Waals surface area contributed by atoms with Crippen molar-refractivity contribution >= 4 is 22.3 Å². The Balaban J connectivity index is 1.54. The molecule has 2 aromatic rings. The monoisotopic (exact) mass is 346 g/mol. The average Bonchev–Trinajstić information content (AvgIpc) is 3.26. The van der Waals surface area contributed by atoms with Gasteiger partial charge in [0.15, 0.2) is 5.96 Å². The fourth-order valence-electron chi connectivity index (χ4n) is 2.91. The van der Waals surface area contributed by atoms with Crippen LogP contribution in [0.2, 0.25) is 0 Å². The fraction of sp³-hybridized carbons (Fsp3) is 0.529. The van der Waals surface area contributed by atoms with Crippen LogP contribution in [0.3, 0.4) is 0 Å². The summed E-state index contributed by atoms with van der Waals surface area (Å²) >= 11 is 1.82. The minimum absolute atomic E-state index is 0.791. The largest absolute Gasteiger partial charge is 0.360 e. The Hall–Kier alpha value is -2.02. The topological polar surface area (TPSA) is 48.7 Å². The second kappa shape index (κ2) is 8.19. The number of anilines is 1. The van der Waals surface area contributed by atoms with Crippen LogP contribution in [0.1, 0.15) is 12.5 Å². The molecule has 3 heterocycles. The zero-order chi connectivity index (χ0) is 16.8. The first-order valence-electron chi connectivity index (χ1n) is 8.55. The lowest BCUT2D eigenvalue weighted by molar-refractivity contribution is 0.373. The Morgan fingerprint density at radius 2 is 2.17 bits per heavy atom. The molecule has 0 unspecified atom stereocenters. The summed E-state index contributed by atoms with van der Waals surface area (Å²) in [6, 6.07) is 4.32. The molecule has 0 saturated carbocycles. The number of aryl methyl sites for hydroxylation is 1. The molecule has 0 spiro atoms. The van der Waals surface area contributed by atoms with Crippen LogP contribution in [0.15, 0.2) is 34.9 Å². The zero-order valence-electron chi connectivity index (χ0n) is 14.5. The van der Waals surface area contributed by atoms with Crippen LogP contribution in [-0.2, 0) is 13.5 Å². The van der Waals surface area contributed by atoms with E-state index in [0.717, 1.165) is 51.6 Å². The van der Waals surface area contributed by atoms with E-state index in [0.29, 0.717) is 0 Å². The first-order valence-corrected chi connectivity index (χ1v) is 9.43. The van der Waals surface area contributed by atoms with Gasteiger partial charge in [-0.3, -0.25) is 9.67 Å². The molecule has 1 N–H and O–H groups in total. The molecule has 24 heavy (non-hydrogen) atoms. The van der Waals surface area contributed by atoms with Gasteiger partial charge in [-0.2, -0.15) is 5.10 Å². The van der Waals surface area contributed by atoms with E-state index in [1.165, 1.54) is 10.6 Å². The third-order valence-electron chi connectivity index (χ3n) is 4.15. The molecule has 0 aliphatic carbocycles. The van der Waals surface area contributed by atoms with Gasteiger partial charge >= 0.3 is 0 Å². The lowest BCUT2D eigenvalue weighted by Gasteiger charge is -2.37. The van der Waals surface area contributed by atoms with E-state index in [-0.39, 0.29) is 0 Å². The summed E-state index contributed by atoms with van der Waals surface area (Å²) in [4.78, 5) is 9.64. The number of nitrogens with zero attached hydrogens (tertiary/aromatic N) is 5. The molecule has 1 aliphatic rings. The molecule has 3 rings (SSSR count). The van der Waals surface area contributed by atoms with E-state index in [2.05, 4.69) is 50.8 Å². The predicted octanol–water partition coefficient (Wildman–Crippen LogP) is 1.81. The Morgan fingerprint density at radius 1 is 1.33 bits per heavy atom. The van der Waals surface area contributed by atoms with E-state index < -0.39 is 0 Å². The maximum absolute atomic E-state index is 4.81. The van der Waals surface area contributed by atoms with Crippen molar-refractivity contribution < 1.29 is 0 Å². The fourth-order valence-corrected chi connectivity index (χ4v) is 3.69. The summed E-state index contributed by atoms with van der Waals surface area (Å²) in [6.07, 6.45) is 4.91. The van der Waals surface area contributed by atoms with Gasteiger partial charge in [-0.05, 0) is 36.4 Å². The van der Waals surface area contributed by atoms with Crippen LogP contribution in [0, 0.1) is 0 Å².